The van der Waals surface area contributed by atoms with Crippen LogP contribution in [0.15, 0.2) is 29.3 Å². The summed E-state index contributed by atoms with van der Waals surface area (Å²) in [5, 5.41) is 2.92. The van der Waals surface area contributed by atoms with Gasteiger partial charge in [0, 0.05) is 17.2 Å². The van der Waals surface area contributed by atoms with E-state index in [0.29, 0.717) is 0 Å². The molecule has 0 bridgehead atoms. The van der Waals surface area contributed by atoms with E-state index in [9.17, 15) is 9.59 Å². The molecule has 1 aliphatic carbocycles. The third kappa shape index (κ3) is 3.73. The molecule has 0 saturated carbocycles. The first kappa shape index (κ1) is 15.8. The zero-order valence-corrected chi connectivity index (χ0v) is 13.7. The van der Waals surface area contributed by atoms with Gasteiger partial charge in [-0.05, 0) is 55.0 Å². The maximum atomic E-state index is 12.1. The predicted octanol–water partition coefficient (Wildman–Crippen LogP) is 2.91. The van der Waals surface area contributed by atoms with Gasteiger partial charge in [-0.1, -0.05) is 22.5 Å². The van der Waals surface area contributed by atoms with Crippen molar-refractivity contribution in [2.45, 2.75) is 25.7 Å². The third-order valence-corrected chi connectivity index (χ3v) is 4.43. The molecule has 0 spiro atoms. The highest BCUT2D eigenvalue weighted by atomic mass is 79.9. The second-order valence-electron chi connectivity index (χ2n) is 5.21. The molecule has 0 saturated heterocycles. The van der Waals surface area contributed by atoms with Crippen molar-refractivity contribution in [3.8, 4) is 0 Å². The van der Waals surface area contributed by atoms with Gasteiger partial charge in [0.25, 0.3) is 0 Å². The topological polar surface area (TPSA) is 49.4 Å². The van der Waals surface area contributed by atoms with Crippen LogP contribution in [0.25, 0.3) is 0 Å². The monoisotopic (exact) mass is 350 g/mol. The minimum Gasteiger partial charge on any atom is -0.333 e. The molecule has 5 heteroatoms. The number of fused-ring (bicyclic) bond motifs is 1. The average molecular weight is 351 g/mol. The summed E-state index contributed by atoms with van der Waals surface area (Å²) in [5.74, 6) is -0.453. The molecule has 0 atom stereocenters. The van der Waals surface area contributed by atoms with Crippen molar-refractivity contribution < 1.29 is 9.59 Å². The van der Waals surface area contributed by atoms with E-state index >= 15 is 0 Å². The molecule has 0 radical (unpaired) electrons. The Bertz CT molecular complexity index is 584. The number of carbonyl (C=O) groups is 2. The second kappa shape index (κ2) is 6.89. The lowest BCUT2D eigenvalue weighted by Gasteiger charge is -2.22. The number of hydrogen-bond donors (Lipinski definition) is 1. The molecular weight excluding hydrogens is 332 g/mol. The largest absolute Gasteiger partial charge is 0.333 e. The summed E-state index contributed by atoms with van der Waals surface area (Å²) in [4.78, 5) is 24.8. The molecule has 2 rings (SSSR count). The second-order valence-corrected chi connectivity index (χ2v) is 6.06. The van der Waals surface area contributed by atoms with Crippen LogP contribution in [0.5, 0.6) is 0 Å². The van der Waals surface area contributed by atoms with Crippen LogP contribution in [0.1, 0.15) is 24.0 Å². The highest BCUT2D eigenvalue weighted by Gasteiger charge is 2.18. The molecule has 1 aromatic carbocycles. The maximum absolute atomic E-state index is 12.1. The number of halogens is 1. The van der Waals surface area contributed by atoms with E-state index in [1.54, 1.807) is 7.05 Å². The molecule has 0 fully saturated rings. The zero-order chi connectivity index (χ0) is 15.4. The van der Waals surface area contributed by atoms with Gasteiger partial charge in [-0.25, -0.2) is 0 Å². The molecule has 0 heterocycles. The summed E-state index contributed by atoms with van der Waals surface area (Å²) < 4.78 is 1.11. The fraction of sp³-hybridized carbons (Fsp3) is 0.375. The van der Waals surface area contributed by atoms with E-state index in [-0.39, 0.29) is 18.4 Å². The molecule has 4 nitrogen and oxygen atoms in total. The van der Waals surface area contributed by atoms with Crippen LogP contribution in [0.2, 0.25) is 0 Å². The van der Waals surface area contributed by atoms with Crippen LogP contribution in [0, 0.1) is 0 Å². The highest BCUT2D eigenvalue weighted by Crippen LogP contribution is 2.33. The molecular formula is C16H19BrN2O2. The van der Waals surface area contributed by atoms with Crippen molar-refractivity contribution in [2.24, 2.45) is 0 Å². The van der Waals surface area contributed by atoms with Crippen LogP contribution in [-0.2, 0) is 22.4 Å². The predicted molar refractivity (Wildman–Crippen MR) is 87.2 cm³/mol. The Morgan fingerprint density at radius 3 is 2.67 bits per heavy atom. The van der Waals surface area contributed by atoms with Gasteiger partial charge in [0.1, 0.15) is 0 Å². The van der Waals surface area contributed by atoms with Crippen molar-refractivity contribution in [1.29, 1.82) is 0 Å². The summed E-state index contributed by atoms with van der Waals surface area (Å²) in [6, 6.07) is 3.89. The van der Waals surface area contributed by atoms with Crippen molar-refractivity contribution in [1.82, 2.24) is 4.90 Å². The minimum atomic E-state index is -0.261. The van der Waals surface area contributed by atoms with Gasteiger partial charge in [0.2, 0.25) is 11.8 Å². The van der Waals surface area contributed by atoms with Crippen molar-refractivity contribution in [2.75, 3.05) is 18.9 Å². The standard InChI is InChI=1S/C16H19BrN2O2/c1-3-16(21)19(2)10-15(20)18-14-9-8-13(17)11-6-4-5-7-12(11)14/h3,8-9H,1,4-7,10H2,2H3,(H,18,20). The SMILES string of the molecule is C=CC(=O)N(C)CC(=O)Nc1ccc(Br)c2c1CCCC2. The van der Waals surface area contributed by atoms with Gasteiger partial charge in [-0.3, -0.25) is 9.59 Å². The van der Waals surface area contributed by atoms with Gasteiger partial charge < -0.3 is 10.2 Å². The lowest BCUT2D eigenvalue weighted by Crippen LogP contribution is -2.34. The molecule has 0 unspecified atom stereocenters. The van der Waals surface area contributed by atoms with Crippen LogP contribution in [0.3, 0.4) is 0 Å². The fourth-order valence-corrected chi connectivity index (χ4v) is 3.15. The van der Waals surface area contributed by atoms with Crippen LogP contribution in [0.4, 0.5) is 5.69 Å². The van der Waals surface area contributed by atoms with Crippen LogP contribution in [-0.4, -0.2) is 30.3 Å². The summed E-state index contributed by atoms with van der Waals surface area (Å²) in [5.41, 5.74) is 3.36. The number of likely N-dealkylation sites (N-methyl/N-ethyl adjacent to an activating group) is 1. The minimum absolute atomic E-state index is 0.0235. The van der Waals surface area contributed by atoms with Crippen molar-refractivity contribution >= 4 is 33.4 Å². The maximum Gasteiger partial charge on any atom is 0.246 e. The number of amides is 2. The highest BCUT2D eigenvalue weighted by molar-refractivity contribution is 9.10. The number of benzene rings is 1. The van der Waals surface area contributed by atoms with E-state index in [4.69, 9.17) is 0 Å². The summed E-state index contributed by atoms with van der Waals surface area (Å²) in [6.45, 7) is 3.44. The average Bonchev–Trinajstić information content (AvgIpc) is 2.49. The van der Waals surface area contributed by atoms with Crippen LogP contribution < -0.4 is 5.32 Å². The molecule has 21 heavy (non-hydrogen) atoms. The van der Waals surface area contributed by atoms with Gasteiger partial charge in [0.15, 0.2) is 0 Å². The molecule has 112 valence electrons. The first-order valence-electron chi connectivity index (χ1n) is 7.00. The smallest absolute Gasteiger partial charge is 0.246 e. The Hall–Kier alpha value is -1.62. The van der Waals surface area contributed by atoms with Crippen molar-refractivity contribution in [3.63, 3.8) is 0 Å². The fourth-order valence-electron chi connectivity index (χ4n) is 2.58. The quantitative estimate of drug-likeness (QED) is 0.848. The number of hydrogen-bond acceptors (Lipinski definition) is 2. The van der Waals surface area contributed by atoms with Gasteiger partial charge >= 0.3 is 0 Å². The Morgan fingerprint density at radius 2 is 2.00 bits per heavy atom. The number of anilines is 1. The first-order valence-corrected chi connectivity index (χ1v) is 7.80. The summed E-state index contributed by atoms with van der Waals surface area (Å²) in [6.07, 6.45) is 5.54. The number of carbonyl (C=O) groups excluding carboxylic acids is 2. The Morgan fingerprint density at radius 1 is 1.33 bits per heavy atom. The lowest BCUT2D eigenvalue weighted by molar-refractivity contribution is -0.129. The van der Waals surface area contributed by atoms with E-state index in [1.807, 2.05) is 12.1 Å². The molecule has 0 aromatic heterocycles. The number of nitrogens with zero attached hydrogens (tertiary/aromatic N) is 1. The number of rotatable bonds is 4. The van der Waals surface area contributed by atoms with Gasteiger partial charge in [0.05, 0.1) is 6.54 Å². The summed E-state index contributed by atoms with van der Waals surface area (Å²) in [7, 11) is 1.58. The van der Waals surface area contributed by atoms with E-state index in [0.717, 1.165) is 29.4 Å². The van der Waals surface area contributed by atoms with E-state index < -0.39 is 0 Å². The van der Waals surface area contributed by atoms with Crippen molar-refractivity contribution in [3.05, 3.63) is 40.4 Å². The normalized spacial score (nSPS) is 13.2. The molecule has 1 aromatic rings. The van der Waals surface area contributed by atoms with Crippen LogP contribution >= 0.6 is 15.9 Å². The summed E-state index contributed by atoms with van der Waals surface area (Å²) >= 11 is 3.57. The Kier molecular flexibility index (Phi) is 5.17. The Labute approximate surface area is 133 Å². The first-order chi connectivity index (χ1) is 10.0. The van der Waals surface area contributed by atoms with Gasteiger partial charge in [-0.15, -0.1) is 0 Å². The van der Waals surface area contributed by atoms with Gasteiger partial charge in [-0.2, -0.15) is 0 Å². The molecule has 1 aliphatic rings. The third-order valence-electron chi connectivity index (χ3n) is 3.68. The van der Waals surface area contributed by atoms with E-state index in [2.05, 4.69) is 27.8 Å². The molecule has 0 aliphatic heterocycles. The molecule has 2 amide bonds. The number of nitrogens with one attached hydrogen (secondary N) is 1. The zero-order valence-electron chi connectivity index (χ0n) is 12.1. The molecule has 1 N–H and O–H groups in total. The Balaban J connectivity index is 2.11. The van der Waals surface area contributed by atoms with E-state index in [1.165, 1.54) is 28.5 Å². The lowest BCUT2D eigenvalue weighted by atomic mass is 9.90.